The van der Waals surface area contributed by atoms with Crippen LogP contribution in [0.15, 0.2) is 24.3 Å². The van der Waals surface area contributed by atoms with Crippen LogP contribution in [0.1, 0.15) is 47.7 Å². The predicted octanol–water partition coefficient (Wildman–Crippen LogP) is 2.75. The number of nitrogens with zero attached hydrogens (tertiary/aromatic N) is 1. The van der Waals surface area contributed by atoms with E-state index in [9.17, 15) is 14.4 Å². The highest BCUT2D eigenvalue weighted by molar-refractivity contribution is 6.09. The van der Waals surface area contributed by atoms with Gasteiger partial charge in [-0.25, -0.2) is 9.59 Å². The number of hydrogen-bond donors (Lipinski definition) is 0. The lowest BCUT2D eigenvalue weighted by atomic mass is 10.1. The van der Waals surface area contributed by atoms with Crippen molar-refractivity contribution in [1.29, 1.82) is 0 Å². The summed E-state index contributed by atoms with van der Waals surface area (Å²) in [6.07, 6.45) is 0.614. The molecule has 1 atom stereocenters. The molecule has 1 aromatic carbocycles. The van der Waals surface area contributed by atoms with E-state index in [-0.39, 0.29) is 24.5 Å². The summed E-state index contributed by atoms with van der Waals surface area (Å²) in [4.78, 5) is 36.0. The molecule has 122 valence electrons. The van der Waals surface area contributed by atoms with Gasteiger partial charge in [0.15, 0.2) is 6.29 Å². The topological polar surface area (TPSA) is 74.6 Å². The zero-order chi connectivity index (χ0) is 17.0. The molecule has 6 heteroatoms. The quantitative estimate of drug-likeness (QED) is 0.605. The molecule has 0 aliphatic rings. The molecule has 0 radical (unpaired) electrons. The summed E-state index contributed by atoms with van der Waals surface area (Å²) in [5.74, 6) is -1.11. The summed E-state index contributed by atoms with van der Waals surface area (Å²) in [7, 11) is 0. The number of hydrogen-bond acceptors (Lipinski definition) is 5. The van der Waals surface area contributed by atoms with Crippen LogP contribution < -0.4 is 0 Å². The highest BCUT2D eigenvalue weighted by Crippen LogP contribution is 2.29. The Hall–Kier alpha value is -2.63. The van der Waals surface area contributed by atoms with Crippen LogP contribution in [-0.4, -0.2) is 36.0 Å². The van der Waals surface area contributed by atoms with Crippen LogP contribution in [0.3, 0.4) is 0 Å². The van der Waals surface area contributed by atoms with Crippen molar-refractivity contribution in [2.24, 2.45) is 0 Å². The Kier molecular flexibility index (Phi) is 5.16. The number of fused-ring (bicyclic) bond motifs is 1. The van der Waals surface area contributed by atoms with Gasteiger partial charge < -0.3 is 14.0 Å². The van der Waals surface area contributed by atoms with Crippen molar-refractivity contribution < 1.29 is 23.9 Å². The van der Waals surface area contributed by atoms with Crippen molar-refractivity contribution in [2.75, 3.05) is 13.2 Å². The molecule has 0 saturated carbocycles. The van der Waals surface area contributed by atoms with Gasteiger partial charge in [0.2, 0.25) is 0 Å². The minimum absolute atomic E-state index is 0.0728. The van der Waals surface area contributed by atoms with Crippen molar-refractivity contribution in [2.45, 2.75) is 26.8 Å². The van der Waals surface area contributed by atoms with Gasteiger partial charge in [0.05, 0.1) is 24.3 Å². The average Bonchev–Trinajstić information content (AvgIpc) is 2.88. The normalized spacial score (nSPS) is 12.0. The lowest BCUT2D eigenvalue weighted by Crippen LogP contribution is -2.23. The minimum atomic E-state index is -0.757. The predicted molar refractivity (Wildman–Crippen MR) is 84.6 cm³/mol. The average molecular weight is 317 g/mol. The number of aromatic nitrogens is 1. The van der Waals surface area contributed by atoms with Gasteiger partial charge in [-0.05, 0) is 26.8 Å². The molecular weight excluding hydrogens is 298 g/mol. The van der Waals surface area contributed by atoms with Crippen LogP contribution in [0.4, 0.5) is 0 Å². The first-order valence-electron chi connectivity index (χ1n) is 7.48. The number of carbonyl (C=O) groups excluding carboxylic acids is 3. The van der Waals surface area contributed by atoms with Crippen molar-refractivity contribution in [3.05, 3.63) is 35.5 Å². The maximum absolute atomic E-state index is 12.3. The third-order valence-electron chi connectivity index (χ3n) is 3.55. The van der Waals surface area contributed by atoms with Gasteiger partial charge in [-0.15, -0.1) is 0 Å². The second-order valence-corrected chi connectivity index (χ2v) is 4.92. The Labute approximate surface area is 134 Å². The molecule has 0 aliphatic carbocycles. The number of benzene rings is 1. The Morgan fingerprint density at radius 2 is 1.83 bits per heavy atom. The highest BCUT2D eigenvalue weighted by Gasteiger charge is 2.29. The van der Waals surface area contributed by atoms with Crippen LogP contribution in [0.5, 0.6) is 0 Å². The van der Waals surface area contributed by atoms with Gasteiger partial charge >= 0.3 is 11.9 Å². The smallest absolute Gasteiger partial charge is 0.355 e. The minimum Gasteiger partial charge on any atom is -0.464 e. The molecule has 0 unspecified atom stereocenters. The zero-order valence-corrected chi connectivity index (χ0v) is 13.4. The molecule has 0 amide bonds. The van der Waals surface area contributed by atoms with Gasteiger partial charge in [0.25, 0.3) is 0 Å². The molecule has 0 N–H and O–H groups in total. The van der Waals surface area contributed by atoms with E-state index in [2.05, 4.69) is 0 Å². The van der Waals surface area contributed by atoms with Crippen molar-refractivity contribution >= 4 is 29.1 Å². The summed E-state index contributed by atoms with van der Waals surface area (Å²) in [5, 5.41) is 0.599. The molecule has 1 heterocycles. The first kappa shape index (κ1) is 16.7. The van der Waals surface area contributed by atoms with E-state index in [4.69, 9.17) is 9.47 Å². The Morgan fingerprint density at radius 1 is 1.17 bits per heavy atom. The number of ether oxygens (including phenoxy) is 2. The van der Waals surface area contributed by atoms with E-state index in [0.717, 1.165) is 0 Å². The van der Waals surface area contributed by atoms with E-state index in [1.807, 2.05) is 0 Å². The van der Waals surface area contributed by atoms with Crippen LogP contribution >= 0.6 is 0 Å². The lowest BCUT2D eigenvalue weighted by molar-refractivity contribution is -0.146. The Bertz CT molecular complexity index is 747. The van der Waals surface area contributed by atoms with E-state index in [1.54, 1.807) is 45.0 Å². The molecule has 0 spiro atoms. The molecular formula is C17H19NO5. The first-order valence-corrected chi connectivity index (χ1v) is 7.48. The SMILES string of the molecule is CCOC(=O)c1c(C=O)c2ccccc2n1[C@H](C)C(=O)OCC. The third kappa shape index (κ3) is 2.97. The molecule has 23 heavy (non-hydrogen) atoms. The fourth-order valence-electron chi connectivity index (χ4n) is 2.59. The Morgan fingerprint density at radius 3 is 2.43 bits per heavy atom. The molecule has 2 aromatic rings. The van der Waals surface area contributed by atoms with Crippen molar-refractivity contribution in [3.63, 3.8) is 0 Å². The van der Waals surface area contributed by atoms with Gasteiger partial charge in [0, 0.05) is 5.39 Å². The third-order valence-corrected chi connectivity index (χ3v) is 3.55. The molecule has 0 aliphatic heterocycles. The van der Waals surface area contributed by atoms with E-state index >= 15 is 0 Å². The number of aldehydes is 1. The van der Waals surface area contributed by atoms with Gasteiger partial charge in [0.1, 0.15) is 11.7 Å². The number of rotatable bonds is 6. The summed E-state index contributed by atoms with van der Waals surface area (Å²) in [6, 6.07) is 6.27. The number of para-hydroxylation sites is 1. The van der Waals surface area contributed by atoms with E-state index < -0.39 is 18.0 Å². The second-order valence-electron chi connectivity index (χ2n) is 4.92. The summed E-state index contributed by atoms with van der Waals surface area (Å²) in [5.41, 5.74) is 0.900. The molecule has 0 fully saturated rings. The monoisotopic (exact) mass is 317 g/mol. The van der Waals surface area contributed by atoms with E-state index in [0.29, 0.717) is 17.2 Å². The van der Waals surface area contributed by atoms with Gasteiger partial charge in [-0.3, -0.25) is 4.79 Å². The lowest BCUT2D eigenvalue weighted by Gasteiger charge is -2.17. The van der Waals surface area contributed by atoms with Crippen molar-refractivity contribution in [1.82, 2.24) is 4.57 Å². The molecule has 1 aromatic heterocycles. The van der Waals surface area contributed by atoms with Crippen LogP contribution in [-0.2, 0) is 14.3 Å². The maximum atomic E-state index is 12.3. The van der Waals surface area contributed by atoms with Gasteiger partial charge in [-0.1, -0.05) is 18.2 Å². The Balaban J connectivity index is 2.74. The van der Waals surface area contributed by atoms with Gasteiger partial charge in [-0.2, -0.15) is 0 Å². The van der Waals surface area contributed by atoms with Crippen LogP contribution in [0.25, 0.3) is 10.9 Å². The molecule has 2 rings (SSSR count). The highest BCUT2D eigenvalue weighted by atomic mass is 16.5. The summed E-state index contributed by atoms with van der Waals surface area (Å²) >= 11 is 0. The standard InChI is InChI=1S/C17H19NO5/c1-4-22-16(20)11(3)18-14-9-7-6-8-12(14)13(10-19)15(18)17(21)23-5-2/h6-11H,4-5H2,1-3H3/t11-/m1/s1. The fraction of sp³-hybridized carbons (Fsp3) is 0.353. The van der Waals surface area contributed by atoms with Crippen LogP contribution in [0, 0.1) is 0 Å². The fourth-order valence-corrected chi connectivity index (χ4v) is 2.59. The van der Waals surface area contributed by atoms with Crippen molar-refractivity contribution in [3.8, 4) is 0 Å². The summed E-state index contributed by atoms with van der Waals surface area (Å²) in [6.45, 7) is 5.42. The number of carbonyl (C=O) groups is 3. The maximum Gasteiger partial charge on any atom is 0.355 e. The van der Waals surface area contributed by atoms with E-state index in [1.165, 1.54) is 4.57 Å². The zero-order valence-electron chi connectivity index (χ0n) is 13.4. The molecule has 6 nitrogen and oxygen atoms in total. The first-order chi connectivity index (χ1) is 11.1. The number of esters is 2. The largest absolute Gasteiger partial charge is 0.464 e. The second kappa shape index (κ2) is 7.09. The summed E-state index contributed by atoms with van der Waals surface area (Å²) < 4.78 is 11.6. The molecule has 0 saturated heterocycles. The van der Waals surface area contributed by atoms with Crippen LogP contribution in [0.2, 0.25) is 0 Å². The molecule has 0 bridgehead atoms.